The minimum absolute atomic E-state index is 0.0827. The fraction of sp³-hybridized carbons (Fsp3) is 0.300. The Labute approximate surface area is 147 Å². The molecule has 2 atom stereocenters. The molecule has 25 heavy (non-hydrogen) atoms. The Morgan fingerprint density at radius 1 is 0.880 bits per heavy atom. The summed E-state index contributed by atoms with van der Waals surface area (Å²) in [5, 5.41) is 3.28. The molecule has 0 radical (unpaired) electrons. The number of nitrogens with one attached hydrogen (secondary N) is 1. The monoisotopic (exact) mass is 339 g/mol. The molecule has 0 bridgehead atoms. The molecule has 1 fully saturated rings. The Morgan fingerprint density at radius 2 is 1.48 bits per heavy atom. The summed E-state index contributed by atoms with van der Waals surface area (Å²) in [6.45, 7) is 0.874. The van der Waals surface area contributed by atoms with Gasteiger partial charge in [0.05, 0.1) is 11.1 Å². The molecule has 0 unspecified atom stereocenters. The third-order valence-corrected chi connectivity index (χ3v) is 4.18. The van der Waals surface area contributed by atoms with Gasteiger partial charge in [-0.3, -0.25) is 0 Å². The highest BCUT2D eigenvalue weighted by Crippen LogP contribution is 2.14. The molecule has 0 amide bonds. The third-order valence-electron chi connectivity index (χ3n) is 4.18. The Bertz CT molecular complexity index is 694. The second-order valence-electron chi connectivity index (χ2n) is 6.04. The van der Waals surface area contributed by atoms with Crippen molar-refractivity contribution in [2.45, 2.75) is 25.0 Å². The van der Waals surface area contributed by atoms with E-state index in [1.165, 1.54) is 0 Å². The molecule has 0 aliphatic carbocycles. The van der Waals surface area contributed by atoms with E-state index < -0.39 is 0 Å². The molecule has 2 aromatic rings. The summed E-state index contributed by atoms with van der Waals surface area (Å²) in [5.41, 5.74) is 1.11. The van der Waals surface area contributed by atoms with E-state index in [9.17, 15) is 9.59 Å². The van der Waals surface area contributed by atoms with E-state index in [1.54, 1.807) is 36.4 Å². The first-order chi connectivity index (χ1) is 12.2. The van der Waals surface area contributed by atoms with Crippen LogP contribution >= 0.6 is 0 Å². The van der Waals surface area contributed by atoms with Gasteiger partial charge >= 0.3 is 11.9 Å². The number of carbonyl (C=O) groups is 2. The van der Waals surface area contributed by atoms with Gasteiger partial charge in [0.1, 0.15) is 12.7 Å². The zero-order valence-electron chi connectivity index (χ0n) is 13.9. The first-order valence-electron chi connectivity index (χ1n) is 8.44. The maximum absolute atomic E-state index is 12.0. The molecular formula is C20H21NO4. The summed E-state index contributed by atoms with van der Waals surface area (Å²) in [7, 11) is 0. The van der Waals surface area contributed by atoms with Crippen molar-refractivity contribution in [1.82, 2.24) is 5.32 Å². The van der Waals surface area contributed by atoms with Crippen molar-refractivity contribution in [2.75, 3.05) is 13.2 Å². The Balaban J connectivity index is 1.40. The van der Waals surface area contributed by atoms with Crippen LogP contribution in [0.1, 0.15) is 33.6 Å². The molecule has 3 rings (SSSR count). The Hall–Kier alpha value is -2.66. The molecular weight excluding hydrogens is 318 g/mol. The molecule has 5 heteroatoms. The van der Waals surface area contributed by atoms with Crippen LogP contribution in [-0.4, -0.2) is 37.2 Å². The number of hydrogen-bond donors (Lipinski definition) is 1. The predicted molar refractivity (Wildman–Crippen MR) is 93.4 cm³/mol. The van der Waals surface area contributed by atoms with Gasteiger partial charge < -0.3 is 14.8 Å². The molecule has 5 nitrogen and oxygen atoms in total. The van der Waals surface area contributed by atoms with Crippen LogP contribution in [-0.2, 0) is 9.47 Å². The Kier molecular flexibility index (Phi) is 5.80. The van der Waals surface area contributed by atoms with Crippen LogP contribution in [0.25, 0.3) is 0 Å². The predicted octanol–water partition coefficient (Wildman–Crippen LogP) is 2.82. The van der Waals surface area contributed by atoms with E-state index in [0.717, 1.165) is 12.8 Å². The first-order valence-corrected chi connectivity index (χ1v) is 8.44. The molecule has 2 aromatic carbocycles. The van der Waals surface area contributed by atoms with Crippen LogP contribution in [0.4, 0.5) is 0 Å². The average Bonchev–Trinajstić information content (AvgIpc) is 2.68. The summed E-state index contributed by atoms with van der Waals surface area (Å²) >= 11 is 0. The van der Waals surface area contributed by atoms with Gasteiger partial charge in [-0.05, 0) is 37.1 Å². The number of ether oxygens (including phenoxy) is 2. The molecule has 1 aliphatic rings. The van der Waals surface area contributed by atoms with Crippen molar-refractivity contribution in [3.05, 3.63) is 71.8 Å². The normalized spacial score (nSPS) is 19.8. The quantitative estimate of drug-likeness (QED) is 0.849. The molecule has 1 heterocycles. The third kappa shape index (κ3) is 4.90. The summed E-state index contributed by atoms with van der Waals surface area (Å²) in [4.78, 5) is 24.0. The molecule has 0 spiro atoms. The largest absolute Gasteiger partial charge is 0.460 e. The zero-order valence-corrected chi connectivity index (χ0v) is 13.9. The lowest BCUT2D eigenvalue weighted by molar-refractivity contribution is 0.0164. The average molecular weight is 339 g/mol. The minimum Gasteiger partial charge on any atom is -0.460 e. The number of esters is 2. The molecule has 1 aliphatic heterocycles. The lowest BCUT2D eigenvalue weighted by Crippen LogP contribution is -2.45. The SMILES string of the molecule is O=C(OC[C@@H]1CC[C@@H](OC(=O)c2ccccc2)CN1)c1ccccc1. The van der Waals surface area contributed by atoms with E-state index in [2.05, 4.69) is 5.32 Å². The second kappa shape index (κ2) is 8.44. The molecule has 0 aromatic heterocycles. The lowest BCUT2D eigenvalue weighted by atomic mass is 10.0. The van der Waals surface area contributed by atoms with Crippen molar-refractivity contribution in [1.29, 1.82) is 0 Å². The highest BCUT2D eigenvalue weighted by Gasteiger charge is 2.24. The van der Waals surface area contributed by atoms with E-state index >= 15 is 0 Å². The van der Waals surface area contributed by atoms with E-state index in [0.29, 0.717) is 24.3 Å². The summed E-state index contributed by atoms with van der Waals surface area (Å²) in [5.74, 6) is -0.624. The van der Waals surface area contributed by atoms with Crippen LogP contribution in [0, 0.1) is 0 Å². The van der Waals surface area contributed by atoms with Crippen molar-refractivity contribution >= 4 is 11.9 Å². The maximum Gasteiger partial charge on any atom is 0.338 e. The van der Waals surface area contributed by atoms with Gasteiger partial charge in [0.15, 0.2) is 0 Å². The van der Waals surface area contributed by atoms with Crippen molar-refractivity contribution in [3.63, 3.8) is 0 Å². The fourth-order valence-electron chi connectivity index (χ4n) is 2.76. The zero-order chi connectivity index (χ0) is 17.5. The van der Waals surface area contributed by atoms with Gasteiger partial charge in [0.2, 0.25) is 0 Å². The molecule has 1 N–H and O–H groups in total. The number of hydrogen-bond acceptors (Lipinski definition) is 5. The van der Waals surface area contributed by atoms with Crippen LogP contribution in [0.15, 0.2) is 60.7 Å². The summed E-state index contributed by atoms with van der Waals surface area (Å²) in [6.07, 6.45) is 1.38. The second-order valence-corrected chi connectivity index (χ2v) is 6.04. The summed E-state index contributed by atoms with van der Waals surface area (Å²) in [6, 6.07) is 18.0. The van der Waals surface area contributed by atoms with Crippen molar-refractivity contribution in [2.24, 2.45) is 0 Å². The topological polar surface area (TPSA) is 64.6 Å². The van der Waals surface area contributed by atoms with Gasteiger partial charge in [-0.2, -0.15) is 0 Å². The van der Waals surface area contributed by atoms with E-state index in [1.807, 2.05) is 24.3 Å². The van der Waals surface area contributed by atoms with E-state index in [4.69, 9.17) is 9.47 Å². The van der Waals surface area contributed by atoms with E-state index in [-0.39, 0.29) is 24.1 Å². The van der Waals surface area contributed by atoms with Crippen LogP contribution < -0.4 is 5.32 Å². The minimum atomic E-state index is -0.319. The van der Waals surface area contributed by atoms with Crippen LogP contribution in [0.5, 0.6) is 0 Å². The van der Waals surface area contributed by atoms with Crippen molar-refractivity contribution in [3.8, 4) is 0 Å². The van der Waals surface area contributed by atoms with Crippen LogP contribution in [0.3, 0.4) is 0 Å². The highest BCUT2D eigenvalue weighted by molar-refractivity contribution is 5.89. The van der Waals surface area contributed by atoms with Gasteiger partial charge in [0, 0.05) is 12.6 Å². The molecule has 1 saturated heterocycles. The summed E-state index contributed by atoms with van der Waals surface area (Å²) < 4.78 is 10.9. The van der Waals surface area contributed by atoms with Gasteiger partial charge in [-0.15, -0.1) is 0 Å². The lowest BCUT2D eigenvalue weighted by Gasteiger charge is -2.29. The van der Waals surface area contributed by atoms with Crippen LogP contribution in [0.2, 0.25) is 0 Å². The molecule has 0 saturated carbocycles. The van der Waals surface area contributed by atoms with Crippen molar-refractivity contribution < 1.29 is 19.1 Å². The number of benzene rings is 2. The maximum atomic E-state index is 12.0. The van der Waals surface area contributed by atoms with Gasteiger partial charge in [-0.1, -0.05) is 36.4 Å². The smallest absolute Gasteiger partial charge is 0.338 e. The fourth-order valence-corrected chi connectivity index (χ4v) is 2.76. The number of piperidine rings is 1. The number of carbonyl (C=O) groups excluding carboxylic acids is 2. The van der Waals surface area contributed by atoms with Gasteiger partial charge in [0.25, 0.3) is 0 Å². The first kappa shape index (κ1) is 17.2. The highest BCUT2D eigenvalue weighted by atomic mass is 16.5. The standard InChI is InChI=1S/C20H21NO4/c22-19(15-7-3-1-4-8-15)24-14-17-11-12-18(13-21-17)25-20(23)16-9-5-2-6-10-16/h1-10,17-18,21H,11-14H2/t17-,18+/m0/s1. The van der Waals surface area contributed by atoms with Gasteiger partial charge in [-0.25, -0.2) is 9.59 Å². The molecule has 130 valence electrons. The number of rotatable bonds is 5. The Morgan fingerprint density at radius 3 is 2.04 bits per heavy atom.